The Morgan fingerprint density at radius 1 is 1.27 bits per heavy atom. The van der Waals surface area contributed by atoms with Crippen LogP contribution >= 0.6 is 21.4 Å². The number of aryl methyl sites for hydroxylation is 1. The number of fused-ring (bicyclic) bond motifs is 2. The smallest absolute Gasteiger partial charge is 0.305 e. The monoisotopic (exact) mass is 471 g/mol. The molecule has 2 aromatic carbocycles. The molecule has 1 N–H and O–H groups in total. The second-order valence-electron chi connectivity index (χ2n) is 6.07. The number of hydrogen-bond donors (Lipinski definition) is 1. The van der Waals surface area contributed by atoms with Crippen molar-refractivity contribution in [3.8, 4) is 0 Å². The molecule has 0 atom stereocenters. The molecule has 0 aliphatic rings. The number of anilines is 1. The van der Waals surface area contributed by atoms with Crippen LogP contribution in [0.2, 0.25) is 0 Å². The number of nitrogens with zero attached hydrogens (tertiary/aromatic N) is 2. The number of nitrogens with one attached hydrogen (secondary N) is 1. The van der Waals surface area contributed by atoms with E-state index in [1.54, 1.807) is 13.0 Å². The highest BCUT2D eigenvalue weighted by Crippen LogP contribution is 2.37. The third-order valence-electron chi connectivity index (χ3n) is 4.17. The fourth-order valence-corrected chi connectivity index (χ4v) is 2.89. The zero-order valence-electron chi connectivity index (χ0n) is 16.2. The zero-order valence-corrected chi connectivity index (χ0v) is 18.5. The molecule has 8 nitrogen and oxygen atoms in total. The van der Waals surface area contributed by atoms with Crippen LogP contribution in [0, 0.1) is 17.0 Å². The summed E-state index contributed by atoms with van der Waals surface area (Å²) in [7, 11) is 7.36. The molecule has 1 aromatic heterocycles. The Hall–Kier alpha value is -2.33. The first kappa shape index (κ1) is 23.9. The molecule has 0 aliphatic carbocycles. The number of ether oxygens (including phenoxy) is 1. The van der Waals surface area contributed by atoms with Crippen molar-refractivity contribution in [2.24, 2.45) is 0 Å². The van der Waals surface area contributed by atoms with Gasteiger partial charge in [0, 0.05) is 24.4 Å². The van der Waals surface area contributed by atoms with Crippen LogP contribution in [0.3, 0.4) is 0 Å². The van der Waals surface area contributed by atoms with Crippen molar-refractivity contribution >= 4 is 70.1 Å². The zero-order chi connectivity index (χ0) is 22.3. The van der Waals surface area contributed by atoms with Crippen molar-refractivity contribution in [1.29, 1.82) is 0 Å². The van der Waals surface area contributed by atoms with E-state index in [9.17, 15) is 14.9 Å². The van der Waals surface area contributed by atoms with Crippen LogP contribution in [-0.2, 0) is 19.1 Å². The third kappa shape index (κ3) is 6.09. The number of esters is 1. The number of pyridine rings is 1. The highest BCUT2D eigenvalue weighted by Gasteiger charge is 2.20. The van der Waals surface area contributed by atoms with Gasteiger partial charge in [0.1, 0.15) is 12.0 Å². The Labute approximate surface area is 184 Å². The van der Waals surface area contributed by atoms with E-state index < -0.39 is 14.5 Å². The van der Waals surface area contributed by atoms with Crippen LogP contribution in [0.25, 0.3) is 21.8 Å². The lowest BCUT2D eigenvalue weighted by atomic mass is 10.0. The number of para-hydroxylation sites is 1. The maximum absolute atomic E-state index is 11.6. The molecule has 0 bridgehead atoms. The van der Waals surface area contributed by atoms with E-state index in [0.29, 0.717) is 29.6 Å². The highest BCUT2D eigenvalue weighted by atomic mass is 36.0. The third-order valence-corrected chi connectivity index (χ3v) is 4.17. The van der Waals surface area contributed by atoms with Crippen LogP contribution in [0.5, 0.6) is 0 Å². The van der Waals surface area contributed by atoms with Crippen LogP contribution in [-0.4, -0.2) is 33.6 Å². The summed E-state index contributed by atoms with van der Waals surface area (Å²) in [6.45, 7) is 4.14. The van der Waals surface area contributed by atoms with Gasteiger partial charge in [-0.15, -0.1) is 0 Å². The number of benzene rings is 2. The quantitative estimate of drug-likeness (QED) is 0.134. The van der Waals surface area contributed by atoms with Gasteiger partial charge in [-0.2, -0.15) is 0 Å². The predicted octanol–water partition coefficient (Wildman–Crippen LogP) is 5.01. The molecule has 160 valence electrons. The predicted molar refractivity (Wildman–Crippen MR) is 120 cm³/mol. The number of carbonyl (C=O) groups is 1. The summed E-state index contributed by atoms with van der Waals surface area (Å²) in [5.41, 5.74) is 2.82. The number of aromatic nitrogens is 1. The second-order valence-corrected chi connectivity index (χ2v) is 8.60. The van der Waals surface area contributed by atoms with Crippen LogP contribution in [0.1, 0.15) is 18.9 Å². The SMILES string of the molecule is CCC(=O)OCCNc1c2ccccc2nc2c(C)ccc([N+](=O)[O-])c12.[O-][S+](Cl)Cl. The van der Waals surface area contributed by atoms with Gasteiger partial charge in [-0.1, -0.05) is 31.2 Å². The number of non-ortho nitro benzene ring substituents is 1. The molecule has 30 heavy (non-hydrogen) atoms. The first-order chi connectivity index (χ1) is 14.3. The van der Waals surface area contributed by atoms with Gasteiger partial charge in [0.05, 0.1) is 21.6 Å². The lowest BCUT2D eigenvalue weighted by Crippen LogP contribution is -2.14. The molecule has 3 aromatic rings. The average Bonchev–Trinajstić information content (AvgIpc) is 2.70. The van der Waals surface area contributed by atoms with Crippen molar-refractivity contribution < 1.29 is 19.0 Å². The number of carbonyl (C=O) groups excluding carboxylic acids is 1. The average molecular weight is 472 g/mol. The van der Waals surface area contributed by atoms with Gasteiger partial charge >= 0.3 is 5.97 Å². The van der Waals surface area contributed by atoms with Gasteiger partial charge in [0.25, 0.3) is 5.69 Å². The number of nitro benzene ring substituents is 1. The summed E-state index contributed by atoms with van der Waals surface area (Å²) in [4.78, 5) is 27.1. The molecule has 3 rings (SSSR count). The number of hydrogen-bond acceptors (Lipinski definition) is 7. The largest absolute Gasteiger partial charge is 0.582 e. The summed E-state index contributed by atoms with van der Waals surface area (Å²) in [5.74, 6) is -0.280. The van der Waals surface area contributed by atoms with Crippen molar-refractivity contribution in [3.63, 3.8) is 0 Å². The van der Waals surface area contributed by atoms with E-state index in [1.807, 2.05) is 31.2 Å². The molecule has 0 fully saturated rings. The van der Waals surface area contributed by atoms with Gasteiger partial charge in [0.2, 0.25) is 0 Å². The fourth-order valence-electron chi connectivity index (χ4n) is 2.89. The Morgan fingerprint density at radius 3 is 2.57 bits per heavy atom. The second kappa shape index (κ2) is 11.2. The Kier molecular flexibility index (Phi) is 8.91. The summed E-state index contributed by atoms with van der Waals surface area (Å²) < 4.78 is 14.2. The van der Waals surface area contributed by atoms with Gasteiger partial charge < -0.3 is 14.6 Å². The maximum atomic E-state index is 11.6. The van der Waals surface area contributed by atoms with E-state index in [2.05, 4.69) is 31.7 Å². The van der Waals surface area contributed by atoms with Crippen LogP contribution < -0.4 is 5.32 Å². The standard InChI is InChI=1S/C19H19N3O4.Cl2OS/c1-3-16(23)26-11-10-20-19-13-6-4-5-7-14(13)21-18-12(2)8-9-15(17(18)19)22(24)25;1-4(2)3/h4-9H,3,10-11H2,1-2H3,(H,20,21);. The topological polar surface area (TPSA) is 117 Å². The van der Waals surface area contributed by atoms with Crippen LogP contribution in [0.4, 0.5) is 11.4 Å². The normalized spacial score (nSPS) is 10.6. The fraction of sp³-hybridized carbons (Fsp3) is 0.263. The Morgan fingerprint density at radius 2 is 1.93 bits per heavy atom. The van der Waals surface area contributed by atoms with Gasteiger partial charge in [-0.05, 0) is 18.6 Å². The Balaban J connectivity index is 0.000000735. The number of halogens is 2. The lowest BCUT2D eigenvalue weighted by Gasteiger charge is -2.14. The summed E-state index contributed by atoms with van der Waals surface area (Å²) in [5, 5.41) is 16.0. The van der Waals surface area contributed by atoms with E-state index >= 15 is 0 Å². The van der Waals surface area contributed by atoms with Crippen molar-refractivity contribution in [2.75, 3.05) is 18.5 Å². The van der Waals surface area contributed by atoms with Crippen molar-refractivity contribution in [1.82, 2.24) is 4.98 Å². The molecule has 0 saturated carbocycles. The van der Waals surface area contributed by atoms with Gasteiger partial charge in [-0.3, -0.25) is 14.9 Å². The minimum absolute atomic E-state index is 0.00286. The minimum Gasteiger partial charge on any atom is -0.582 e. The van der Waals surface area contributed by atoms with Crippen molar-refractivity contribution in [2.45, 2.75) is 20.3 Å². The molecule has 1 heterocycles. The molecule has 0 amide bonds. The minimum atomic E-state index is -1.67. The number of nitro groups is 1. The van der Waals surface area contributed by atoms with Gasteiger partial charge in [-0.25, -0.2) is 4.98 Å². The number of rotatable bonds is 6. The van der Waals surface area contributed by atoms with E-state index in [4.69, 9.17) is 9.29 Å². The molecular formula is C19H19Cl2N3O5S. The summed E-state index contributed by atoms with van der Waals surface area (Å²) in [6.07, 6.45) is 0.311. The maximum Gasteiger partial charge on any atom is 0.305 e. The van der Waals surface area contributed by atoms with Gasteiger partial charge in [0.15, 0.2) is 31.0 Å². The molecule has 11 heteroatoms. The molecule has 0 saturated heterocycles. The Bertz CT molecular complexity index is 1060. The molecule has 0 spiro atoms. The highest BCUT2D eigenvalue weighted by molar-refractivity contribution is 8.31. The summed E-state index contributed by atoms with van der Waals surface area (Å²) in [6, 6.07) is 10.7. The molecule has 0 aliphatic heterocycles. The molecule has 0 radical (unpaired) electrons. The summed E-state index contributed by atoms with van der Waals surface area (Å²) >= 11 is 0. The van der Waals surface area contributed by atoms with Crippen molar-refractivity contribution in [3.05, 3.63) is 52.1 Å². The van der Waals surface area contributed by atoms with E-state index in [1.165, 1.54) is 6.07 Å². The first-order valence-corrected chi connectivity index (χ1v) is 11.7. The van der Waals surface area contributed by atoms with Crippen LogP contribution in [0.15, 0.2) is 36.4 Å². The molecule has 0 unspecified atom stereocenters. The first-order valence-electron chi connectivity index (χ1n) is 8.86. The van der Waals surface area contributed by atoms with E-state index in [-0.39, 0.29) is 18.3 Å². The lowest BCUT2D eigenvalue weighted by molar-refractivity contribution is -0.383. The molecular weight excluding hydrogens is 453 g/mol. The van der Waals surface area contributed by atoms with E-state index in [0.717, 1.165) is 16.5 Å².